The zero-order chi connectivity index (χ0) is 21.9. The highest BCUT2D eigenvalue weighted by molar-refractivity contribution is 8.24. The van der Waals surface area contributed by atoms with E-state index in [4.69, 9.17) is 12.2 Å². The molecule has 1 aliphatic heterocycles. The number of hydrazone groups is 1. The summed E-state index contributed by atoms with van der Waals surface area (Å²) < 4.78 is -0.266. The van der Waals surface area contributed by atoms with Gasteiger partial charge in [0, 0.05) is 35.8 Å². The topological polar surface area (TPSA) is 124 Å². The third-order valence-corrected chi connectivity index (χ3v) is 5.71. The molecule has 2 amide bonds. The lowest BCUT2D eigenvalue weighted by atomic mass is 10.1. The molecule has 0 radical (unpaired) electrons. The predicted octanol–water partition coefficient (Wildman–Crippen LogP) is 3.69. The molecule has 0 spiro atoms. The fourth-order valence-electron chi connectivity index (χ4n) is 2.77. The zero-order valence-electron chi connectivity index (χ0n) is 16.0. The number of rotatable bonds is 5. The van der Waals surface area contributed by atoms with Crippen LogP contribution >= 0.6 is 24.0 Å². The number of carbonyl (C=O) groups is 1. The molecular formula is C18H18N6O4S2. The Morgan fingerprint density at radius 3 is 2.73 bits per heavy atom. The number of carbonyl (C=O) groups excluding carboxylic acids is 1. The molecule has 1 aromatic carbocycles. The van der Waals surface area contributed by atoms with E-state index in [-0.39, 0.29) is 5.69 Å². The number of pyridine rings is 1. The summed E-state index contributed by atoms with van der Waals surface area (Å²) in [7, 11) is 0. The van der Waals surface area contributed by atoms with Crippen LogP contribution in [0.2, 0.25) is 0 Å². The van der Waals surface area contributed by atoms with E-state index in [1.165, 1.54) is 47.3 Å². The van der Waals surface area contributed by atoms with Crippen LogP contribution in [0.3, 0.4) is 0 Å². The number of hydrogen-bond acceptors (Lipinski definition) is 8. The summed E-state index contributed by atoms with van der Waals surface area (Å²) in [4.78, 5) is 26.8. The van der Waals surface area contributed by atoms with Crippen LogP contribution in [0.25, 0.3) is 0 Å². The van der Waals surface area contributed by atoms with Gasteiger partial charge < -0.3 is 5.32 Å². The Balaban J connectivity index is 1.78. The minimum absolute atomic E-state index is 0.108. The summed E-state index contributed by atoms with van der Waals surface area (Å²) in [6.07, 6.45) is 3.91. The highest BCUT2D eigenvalue weighted by Crippen LogP contribution is 2.42. The van der Waals surface area contributed by atoms with E-state index >= 15 is 0 Å². The summed E-state index contributed by atoms with van der Waals surface area (Å²) in [5, 5.41) is 30.2. The number of aromatic nitrogens is 1. The molecule has 1 atom stereocenters. The SMILES string of the molecule is CC1(C)SC(=S)N(/N=C\c2cccnc2)[C@@H]1N(O)C(=O)Nc1ccc([N+](=O)[O-])cc1. The van der Waals surface area contributed by atoms with Crippen molar-refractivity contribution in [3.8, 4) is 0 Å². The third-order valence-electron chi connectivity index (χ3n) is 4.18. The van der Waals surface area contributed by atoms with Crippen LogP contribution in [0.15, 0.2) is 53.9 Å². The molecule has 30 heavy (non-hydrogen) atoms. The third kappa shape index (κ3) is 4.72. The van der Waals surface area contributed by atoms with Crippen LogP contribution in [-0.2, 0) is 0 Å². The molecule has 12 heteroatoms. The van der Waals surface area contributed by atoms with Crippen molar-refractivity contribution in [2.75, 3.05) is 5.32 Å². The molecule has 0 aliphatic carbocycles. The maximum absolute atomic E-state index is 12.6. The first-order chi connectivity index (χ1) is 14.2. The second kappa shape index (κ2) is 8.73. The fourth-order valence-corrected chi connectivity index (χ4v) is 4.55. The number of benzene rings is 1. The van der Waals surface area contributed by atoms with Crippen molar-refractivity contribution in [1.29, 1.82) is 0 Å². The van der Waals surface area contributed by atoms with Crippen molar-refractivity contribution in [2.45, 2.75) is 24.8 Å². The first-order valence-corrected chi connectivity index (χ1v) is 9.91. The van der Waals surface area contributed by atoms with Gasteiger partial charge >= 0.3 is 6.03 Å². The normalized spacial score (nSPS) is 17.9. The van der Waals surface area contributed by atoms with E-state index in [9.17, 15) is 20.1 Å². The van der Waals surface area contributed by atoms with Gasteiger partial charge in [0.2, 0.25) is 0 Å². The Morgan fingerprint density at radius 2 is 2.13 bits per heavy atom. The number of nitro groups is 1. The van der Waals surface area contributed by atoms with E-state index in [1.807, 2.05) is 13.8 Å². The molecule has 3 rings (SSSR count). The number of hydrogen-bond donors (Lipinski definition) is 2. The molecule has 0 saturated carbocycles. The molecule has 2 aromatic rings. The molecule has 2 N–H and O–H groups in total. The summed E-state index contributed by atoms with van der Waals surface area (Å²) in [6, 6.07) is 8.01. The largest absolute Gasteiger partial charge is 0.347 e. The Kier molecular flexibility index (Phi) is 6.29. The number of nitrogens with one attached hydrogen (secondary N) is 1. The highest BCUT2D eigenvalue weighted by atomic mass is 32.2. The molecule has 0 unspecified atom stereocenters. The van der Waals surface area contributed by atoms with Gasteiger partial charge in [-0.05, 0) is 32.0 Å². The average Bonchev–Trinajstić information content (AvgIpc) is 2.94. The van der Waals surface area contributed by atoms with Crippen molar-refractivity contribution in [3.63, 3.8) is 0 Å². The summed E-state index contributed by atoms with van der Waals surface area (Å²) in [5.74, 6) is 0. The van der Waals surface area contributed by atoms with Crippen LogP contribution in [-0.4, -0.2) is 52.7 Å². The molecule has 156 valence electrons. The summed E-state index contributed by atoms with van der Waals surface area (Å²) >= 11 is 6.68. The number of hydroxylamine groups is 2. The van der Waals surface area contributed by atoms with Crippen LogP contribution in [0.4, 0.5) is 16.2 Å². The van der Waals surface area contributed by atoms with E-state index in [1.54, 1.807) is 24.5 Å². The van der Waals surface area contributed by atoms with Crippen LogP contribution < -0.4 is 5.32 Å². The van der Waals surface area contributed by atoms with Gasteiger partial charge in [0.05, 0.1) is 15.9 Å². The van der Waals surface area contributed by atoms with Gasteiger partial charge in [-0.25, -0.2) is 9.80 Å². The maximum Gasteiger partial charge on any atom is 0.347 e. The number of amides is 2. The van der Waals surface area contributed by atoms with Gasteiger partial charge in [-0.1, -0.05) is 30.0 Å². The quantitative estimate of drug-likeness (QED) is 0.234. The second-order valence-electron chi connectivity index (χ2n) is 6.80. The van der Waals surface area contributed by atoms with Crippen LogP contribution in [0.5, 0.6) is 0 Å². The van der Waals surface area contributed by atoms with E-state index in [2.05, 4.69) is 15.4 Å². The van der Waals surface area contributed by atoms with Crippen molar-refractivity contribution in [1.82, 2.24) is 15.1 Å². The van der Waals surface area contributed by atoms with Crippen LogP contribution in [0, 0.1) is 10.1 Å². The van der Waals surface area contributed by atoms with Crippen molar-refractivity contribution >= 4 is 51.9 Å². The van der Waals surface area contributed by atoms with Crippen molar-refractivity contribution in [2.24, 2.45) is 5.10 Å². The van der Waals surface area contributed by atoms with Crippen LogP contribution in [0.1, 0.15) is 19.4 Å². The highest BCUT2D eigenvalue weighted by Gasteiger charge is 2.50. The monoisotopic (exact) mass is 446 g/mol. The minimum Gasteiger partial charge on any atom is -0.306 e. The lowest BCUT2D eigenvalue weighted by Crippen LogP contribution is -2.54. The molecular weight excluding hydrogens is 428 g/mol. The Labute approximate surface area is 181 Å². The number of urea groups is 1. The number of nitrogens with zero attached hydrogens (tertiary/aromatic N) is 5. The van der Waals surface area contributed by atoms with Gasteiger partial charge in [0.1, 0.15) is 0 Å². The van der Waals surface area contributed by atoms with Gasteiger partial charge in [-0.15, -0.1) is 0 Å². The Bertz CT molecular complexity index is 984. The van der Waals surface area contributed by atoms with E-state index < -0.39 is 21.9 Å². The zero-order valence-corrected chi connectivity index (χ0v) is 17.6. The van der Waals surface area contributed by atoms with Crippen molar-refractivity contribution < 1.29 is 14.9 Å². The minimum atomic E-state index is -0.888. The predicted molar refractivity (Wildman–Crippen MR) is 117 cm³/mol. The smallest absolute Gasteiger partial charge is 0.306 e. The number of thioether (sulfide) groups is 1. The summed E-state index contributed by atoms with van der Waals surface area (Å²) in [5.41, 5.74) is 0.915. The Morgan fingerprint density at radius 1 is 1.43 bits per heavy atom. The second-order valence-corrected chi connectivity index (χ2v) is 9.09. The van der Waals surface area contributed by atoms with E-state index in [0.717, 1.165) is 5.56 Å². The number of nitro benzene ring substituents is 1. The molecule has 2 heterocycles. The number of anilines is 1. The molecule has 10 nitrogen and oxygen atoms in total. The van der Waals surface area contributed by atoms with Gasteiger partial charge in [0.25, 0.3) is 5.69 Å². The molecule has 1 aromatic heterocycles. The summed E-state index contributed by atoms with van der Waals surface area (Å²) in [6.45, 7) is 3.66. The average molecular weight is 447 g/mol. The van der Waals surface area contributed by atoms with Gasteiger partial charge in [-0.3, -0.25) is 20.3 Å². The Hall–Kier alpha value is -3.09. The van der Waals surface area contributed by atoms with Crippen molar-refractivity contribution in [3.05, 3.63) is 64.5 Å². The first kappa shape index (κ1) is 21.6. The number of non-ortho nitro benzene ring substituents is 1. The van der Waals surface area contributed by atoms with Gasteiger partial charge in [-0.2, -0.15) is 10.2 Å². The first-order valence-electron chi connectivity index (χ1n) is 8.69. The molecule has 0 bridgehead atoms. The van der Waals surface area contributed by atoms with Gasteiger partial charge in [0.15, 0.2) is 10.5 Å². The van der Waals surface area contributed by atoms with E-state index in [0.29, 0.717) is 15.1 Å². The number of thiocarbonyl (C=S) groups is 1. The maximum atomic E-state index is 12.6. The lowest BCUT2D eigenvalue weighted by molar-refractivity contribution is -0.384. The molecule has 1 aliphatic rings. The molecule has 1 saturated heterocycles. The molecule has 1 fully saturated rings. The lowest BCUT2D eigenvalue weighted by Gasteiger charge is -2.34. The fraction of sp³-hybridized carbons (Fsp3) is 0.222. The standard InChI is InChI=1S/C18H18N6O4S2/c1-18(2)15(22(17(29)30-18)20-11-12-4-3-9-19-10-12)23(26)16(25)21-13-5-7-14(8-6-13)24(27)28/h3-11,15,26H,1-2H3,(H,21,25)/b20-11-/t15-/m1/s1.